The van der Waals surface area contributed by atoms with Gasteiger partial charge in [-0.15, -0.1) is 0 Å². The van der Waals surface area contributed by atoms with Crippen LogP contribution in [0.25, 0.3) is 17.3 Å². The van der Waals surface area contributed by atoms with Crippen LogP contribution in [0.15, 0.2) is 53.6 Å². The summed E-state index contributed by atoms with van der Waals surface area (Å²) >= 11 is 0. The van der Waals surface area contributed by atoms with Gasteiger partial charge in [-0.25, -0.2) is 9.97 Å². The fourth-order valence-corrected chi connectivity index (χ4v) is 3.06. The molecule has 0 aliphatic carbocycles. The number of imidazole rings is 1. The van der Waals surface area contributed by atoms with E-state index in [9.17, 15) is 4.79 Å². The predicted molar refractivity (Wildman–Crippen MR) is 113 cm³/mol. The van der Waals surface area contributed by atoms with Gasteiger partial charge < -0.3 is 9.84 Å². The van der Waals surface area contributed by atoms with Gasteiger partial charge in [0.15, 0.2) is 5.82 Å². The topological polar surface area (TPSA) is 98.7 Å². The molecule has 4 aromatic rings. The zero-order valence-corrected chi connectivity index (χ0v) is 17.2. The highest BCUT2D eigenvalue weighted by Gasteiger charge is 2.14. The number of benzene rings is 1. The molecule has 0 fully saturated rings. The van der Waals surface area contributed by atoms with E-state index in [4.69, 9.17) is 4.52 Å². The number of hydrogen-bond acceptors (Lipinski definition) is 6. The molecule has 0 aliphatic rings. The van der Waals surface area contributed by atoms with Crippen molar-refractivity contribution < 1.29 is 9.32 Å². The Kier molecular flexibility index (Phi) is 5.14. The molecule has 1 aromatic carbocycles. The molecule has 4 rings (SSSR count). The number of hydrogen-bond donors (Lipinski definition) is 1. The van der Waals surface area contributed by atoms with Gasteiger partial charge in [0.1, 0.15) is 17.8 Å². The third kappa shape index (κ3) is 4.12. The third-order valence-electron chi connectivity index (χ3n) is 4.51. The highest BCUT2D eigenvalue weighted by molar-refractivity contribution is 6.02. The predicted octanol–water partition coefficient (Wildman–Crippen LogP) is 4.31. The number of aromatic nitrogens is 5. The van der Waals surface area contributed by atoms with Gasteiger partial charge in [0, 0.05) is 24.0 Å². The number of nitrogens with zero attached hydrogens (tertiary/aromatic N) is 5. The minimum atomic E-state index is -0.276. The Bertz CT molecular complexity index is 1170. The molecule has 0 radical (unpaired) electrons. The van der Waals surface area contributed by atoms with E-state index < -0.39 is 0 Å². The molecule has 0 saturated heterocycles. The van der Waals surface area contributed by atoms with Crippen LogP contribution in [0.4, 0.5) is 5.69 Å². The van der Waals surface area contributed by atoms with Crippen molar-refractivity contribution in [3.05, 3.63) is 71.7 Å². The Morgan fingerprint density at radius 3 is 2.50 bits per heavy atom. The number of amides is 1. The summed E-state index contributed by atoms with van der Waals surface area (Å²) in [7, 11) is 0. The van der Waals surface area contributed by atoms with Crippen LogP contribution in [0, 0.1) is 13.8 Å². The SMILES string of the molecule is Cc1cc(C)cc(NC(=O)c2cn(-c3ccc(-c4nc(C(C)C)no4)cn3)cn2)c1. The first kappa shape index (κ1) is 19.5. The molecule has 0 bridgehead atoms. The van der Waals surface area contributed by atoms with E-state index in [1.807, 2.05) is 52.0 Å². The smallest absolute Gasteiger partial charge is 0.275 e. The van der Waals surface area contributed by atoms with Crippen LogP contribution in [-0.2, 0) is 0 Å². The summed E-state index contributed by atoms with van der Waals surface area (Å²) in [4.78, 5) is 25.5. The summed E-state index contributed by atoms with van der Waals surface area (Å²) in [6.45, 7) is 7.99. The van der Waals surface area contributed by atoms with E-state index in [1.54, 1.807) is 23.3 Å². The lowest BCUT2D eigenvalue weighted by Crippen LogP contribution is -2.12. The Morgan fingerprint density at radius 1 is 1.10 bits per heavy atom. The first-order valence-electron chi connectivity index (χ1n) is 9.63. The summed E-state index contributed by atoms with van der Waals surface area (Å²) < 4.78 is 6.98. The van der Waals surface area contributed by atoms with Crippen molar-refractivity contribution in [1.29, 1.82) is 0 Å². The highest BCUT2D eigenvalue weighted by atomic mass is 16.5. The lowest BCUT2D eigenvalue weighted by atomic mass is 10.1. The van der Waals surface area contributed by atoms with Gasteiger partial charge in [0.25, 0.3) is 11.8 Å². The fourth-order valence-electron chi connectivity index (χ4n) is 3.06. The summed E-state index contributed by atoms with van der Waals surface area (Å²) in [6, 6.07) is 9.55. The number of carbonyl (C=O) groups excluding carboxylic acids is 1. The molecule has 152 valence electrons. The standard InChI is InChI=1S/C22H22N6O2/c1-13(2)20-26-22(30-27-20)16-5-6-19(23-10-16)28-11-18(24-12-28)21(29)25-17-8-14(3)7-15(4)9-17/h5-13H,1-4H3,(H,25,29). The molecule has 1 amide bonds. The molecule has 8 heteroatoms. The van der Waals surface area contributed by atoms with Crippen LogP contribution in [0.5, 0.6) is 0 Å². The van der Waals surface area contributed by atoms with Crippen molar-refractivity contribution in [3.63, 3.8) is 0 Å². The second-order valence-electron chi connectivity index (χ2n) is 7.51. The minimum Gasteiger partial charge on any atom is -0.334 e. The molecular weight excluding hydrogens is 380 g/mol. The lowest BCUT2D eigenvalue weighted by molar-refractivity contribution is 0.102. The highest BCUT2D eigenvalue weighted by Crippen LogP contribution is 2.20. The van der Waals surface area contributed by atoms with E-state index in [0.29, 0.717) is 23.2 Å². The summed E-state index contributed by atoms with van der Waals surface area (Å²) in [5.41, 5.74) is 3.95. The zero-order valence-electron chi connectivity index (χ0n) is 17.2. The molecule has 0 saturated carbocycles. The van der Waals surface area contributed by atoms with Crippen molar-refractivity contribution in [1.82, 2.24) is 24.7 Å². The van der Waals surface area contributed by atoms with Crippen LogP contribution in [0.1, 0.15) is 47.2 Å². The molecular formula is C22H22N6O2. The van der Waals surface area contributed by atoms with E-state index in [-0.39, 0.29) is 11.8 Å². The molecule has 8 nitrogen and oxygen atoms in total. The van der Waals surface area contributed by atoms with Crippen LogP contribution >= 0.6 is 0 Å². The minimum absolute atomic E-state index is 0.189. The molecule has 3 aromatic heterocycles. The summed E-state index contributed by atoms with van der Waals surface area (Å²) in [6.07, 6.45) is 4.85. The number of rotatable bonds is 5. The Morgan fingerprint density at radius 2 is 1.87 bits per heavy atom. The van der Waals surface area contributed by atoms with Crippen LogP contribution in [-0.4, -0.2) is 30.6 Å². The molecule has 0 aliphatic heterocycles. The van der Waals surface area contributed by atoms with Gasteiger partial charge >= 0.3 is 0 Å². The first-order chi connectivity index (χ1) is 14.4. The van der Waals surface area contributed by atoms with E-state index in [1.165, 1.54) is 0 Å². The second kappa shape index (κ2) is 7.90. The average Bonchev–Trinajstić information content (AvgIpc) is 3.37. The molecule has 3 heterocycles. The largest absolute Gasteiger partial charge is 0.334 e. The Labute approximate surface area is 174 Å². The van der Waals surface area contributed by atoms with Gasteiger partial charge in [-0.05, 0) is 49.2 Å². The van der Waals surface area contributed by atoms with Crippen LogP contribution in [0.3, 0.4) is 0 Å². The van der Waals surface area contributed by atoms with Gasteiger partial charge in [0.2, 0.25) is 0 Å². The number of anilines is 1. The van der Waals surface area contributed by atoms with Crippen molar-refractivity contribution in [2.45, 2.75) is 33.6 Å². The zero-order chi connectivity index (χ0) is 21.3. The maximum atomic E-state index is 12.5. The Balaban J connectivity index is 1.49. The third-order valence-corrected chi connectivity index (χ3v) is 4.51. The molecule has 0 spiro atoms. The van der Waals surface area contributed by atoms with Gasteiger partial charge in [-0.1, -0.05) is 25.1 Å². The van der Waals surface area contributed by atoms with Crippen molar-refractivity contribution in [2.75, 3.05) is 5.32 Å². The van der Waals surface area contributed by atoms with Crippen molar-refractivity contribution in [3.8, 4) is 17.3 Å². The lowest BCUT2D eigenvalue weighted by Gasteiger charge is -2.06. The number of nitrogens with one attached hydrogen (secondary N) is 1. The maximum absolute atomic E-state index is 12.5. The first-order valence-corrected chi connectivity index (χ1v) is 9.63. The van der Waals surface area contributed by atoms with Crippen LogP contribution in [0.2, 0.25) is 0 Å². The number of pyridine rings is 1. The van der Waals surface area contributed by atoms with Gasteiger partial charge in [0.05, 0.1) is 5.56 Å². The van der Waals surface area contributed by atoms with Crippen LogP contribution < -0.4 is 5.32 Å². The quantitative estimate of drug-likeness (QED) is 0.534. The average molecular weight is 402 g/mol. The summed E-state index contributed by atoms with van der Waals surface area (Å²) in [5, 5.41) is 6.85. The molecule has 0 unspecified atom stereocenters. The van der Waals surface area contributed by atoms with E-state index >= 15 is 0 Å². The molecule has 30 heavy (non-hydrogen) atoms. The number of aryl methyl sites for hydroxylation is 2. The van der Waals surface area contributed by atoms with Gasteiger partial charge in [-0.2, -0.15) is 4.98 Å². The van der Waals surface area contributed by atoms with E-state index in [0.717, 1.165) is 22.4 Å². The van der Waals surface area contributed by atoms with Gasteiger partial charge in [-0.3, -0.25) is 9.36 Å². The van der Waals surface area contributed by atoms with Crippen molar-refractivity contribution >= 4 is 11.6 Å². The van der Waals surface area contributed by atoms with Crippen molar-refractivity contribution in [2.24, 2.45) is 0 Å². The van der Waals surface area contributed by atoms with E-state index in [2.05, 4.69) is 31.5 Å². The fraction of sp³-hybridized carbons (Fsp3) is 0.227. The summed E-state index contributed by atoms with van der Waals surface area (Å²) in [5.74, 6) is 1.62. The second-order valence-corrected chi connectivity index (χ2v) is 7.51. The molecule has 1 N–H and O–H groups in total. The molecule has 0 atom stereocenters. The monoisotopic (exact) mass is 402 g/mol. The Hall–Kier alpha value is -3.81. The maximum Gasteiger partial charge on any atom is 0.275 e. The normalized spacial score (nSPS) is 11.1. The number of carbonyl (C=O) groups is 1.